The first kappa shape index (κ1) is 20.7. The fourth-order valence-corrected chi connectivity index (χ4v) is 3.58. The number of rotatable bonds is 7. The quantitative estimate of drug-likeness (QED) is 0.709. The van der Waals surface area contributed by atoms with Crippen molar-refractivity contribution in [1.82, 2.24) is 15.1 Å². The van der Waals surface area contributed by atoms with Gasteiger partial charge in [-0.3, -0.25) is 19.4 Å². The van der Waals surface area contributed by atoms with Crippen LogP contribution in [0.3, 0.4) is 0 Å². The third-order valence-corrected chi connectivity index (χ3v) is 5.31. The van der Waals surface area contributed by atoms with Gasteiger partial charge in [0.05, 0.1) is 18.3 Å². The predicted molar refractivity (Wildman–Crippen MR) is 108 cm³/mol. The lowest BCUT2D eigenvalue weighted by Gasteiger charge is -2.37. The van der Waals surface area contributed by atoms with Crippen molar-refractivity contribution in [1.29, 1.82) is 0 Å². The Kier molecular flexibility index (Phi) is 7.93. The average molecular weight is 379 g/mol. The molecule has 7 heteroatoms. The lowest BCUT2D eigenvalue weighted by molar-refractivity contribution is -0.125. The zero-order chi connectivity index (χ0) is 19.1. The molecule has 1 aliphatic rings. The highest BCUT2D eigenvalue weighted by Gasteiger charge is 2.26. The van der Waals surface area contributed by atoms with E-state index in [1.165, 1.54) is 0 Å². The van der Waals surface area contributed by atoms with Crippen LogP contribution in [0.4, 0.5) is 5.69 Å². The van der Waals surface area contributed by atoms with Gasteiger partial charge in [0.25, 0.3) is 0 Å². The summed E-state index contributed by atoms with van der Waals surface area (Å²) < 4.78 is 0. The molecule has 1 heterocycles. The molecule has 2 rings (SSSR count). The molecular formula is C19H30N4O2S. The molecule has 26 heavy (non-hydrogen) atoms. The van der Waals surface area contributed by atoms with Gasteiger partial charge in [0.2, 0.25) is 11.8 Å². The second kappa shape index (κ2) is 9.94. The van der Waals surface area contributed by atoms with Gasteiger partial charge in [0.1, 0.15) is 0 Å². The smallest absolute Gasteiger partial charge is 0.241 e. The highest BCUT2D eigenvalue weighted by atomic mass is 32.2. The predicted octanol–water partition coefficient (Wildman–Crippen LogP) is 1.88. The van der Waals surface area contributed by atoms with Gasteiger partial charge in [-0.25, -0.2) is 0 Å². The molecule has 6 nitrogen and oxygen atoms in total. The van der Waals surface area contributed by atoms with Crippen LogP contribution in [0.1, 0.15) is 20.8 Å². The van der Waals surface area contributed by atoms with Crippen LogP contribution >= 0.6 is 11.8 Å². The number of hydrogen-bond acceptors (Lipinski definition) is 5. The van der Waals surface area contributed by atoms with Gasteiger partial charge in [-0.1, -0.05) is 12.1 Å². The van der Waals surface area contributed by atoms with Crippen LogP contribution in [0, 0.1) is 0 Å². The minimum absolute atomic E-state index is 0.0116. The van der Waals surface area contributed by atoms with E-state index in [0.29, 0.717) is 6.54 Å². The maximum absolute atomic E-state index is 12.6. The van der Waals surface area contributed by atoms with E-state index in [2.05, 4.69) is 20.4 Å². The molecule has 2 N–H and O–H groups in total. The molecule has 1 aromatic carbocycles. The van der Waals surface area contributed by atoms with E-state index < -0.39 is 0 Å². The molecule has 0 radical (unpaired) electrons. The summed E-state index contributed by atoms with van der Waals surface area (Å²) in [5, 5.41) is 5.96. The van der Waals surface area contributed by atoms with Gasteiger partial charge < -0.3 is 10.6 Å². The first-order valence-electron chi connectivity index (χ1n) is 9.10. The summed E-state index contributed by atoms with van der Waals surface area (Å²) in [7, 11) is 0. The minimum atomic E-state index is -0.198. The Hall–Kier alpha value is -1.57. The molecule has 2 amide bonds. The van der Waals surface area contributed by atoms with E-state index in [9.17, 15) is 9.59 Å². The number of hydrogen-bond donors (Lipinski definition) is 2. The van der Waals surface area contributed by atoms with Crippen molar-refractivity contribution in [3.63, 3.8) is 0 Å². The molecule has 1 aliphatic heterocycles. The van der Waals surface area contributed by atoms with Crippen LogP contribution < -0.4 is 10.6 Å². The van der Waals surface area contributed by atoms with Crippen molar-refractivity contribution >= 4 is 29.3 Å². The molecule has 0 bridgehead atoms. The number of thioether (sulfide) groups is 1. The molecule has 1 atom stereocenters. The van der Waals surface area contributed by atoms with E-state index in [-0.39, 0.29) is 23.9 Å². The van der Waals surface area contributed by atoms with Gasteiger partial charge in [-0.05, 0) is 39.2 Å². The zero-order valence-corrected chi connectivity index (χ0v) is 16.9. The van der Waals surface area contributed by atoms with Crippen molar-refractivity contribution in [3.8, 4) is 0 Å². The number of carbonyl (C=O) groups is 2. The molecule has 0 unspecified atom stereocenters. The van der Waals surface area contributed by atoms with Gasteiger partial charge in [0, 0.05) is 37.1 Å². The lowest BCUT2D eigenvalue weighted by Crippen LogP contribution is -2.54. The molecule has 0 saturated carbocycles. The van der Waals surface area contributed by atoms with Crippen molar-refractivity contribution in [2.75, 3.05) is 44.3 Å². The number of amides is 2. The van der Waals surface area contributed by atoms with E-state index >= 15 is 0 Å². The van der Waals surface area contributed by atoms with Crippen LogP contribution in [-0.4, -0.2) is 72.7 Å². The standard InChI is InChI=1S/C19H30N4O2S/c1-14(2)20-18(24)13-22-9-11-23(12-10-22)15(3)19(25)21-16-7-5-6-8-17(16)26-4/h5-8,14-15H,9-13H2,1-4H3,(H,20,24)(H,21,25)/t15-/m0/s1. The number of nitrogens with zero attached hydrogens (tertiary/aromatic N) is 2. The molecule has 0 aliphatic carbocycles. The zero-order valence-electron chi connectivity index (χ0n) is 16.1. The van der Waals surface area contributed by atoms with Gasteiger partial charge >= 0.3 is 0 Å². The number of anilines is 1. The van der Waals surface area contributed by atoms with Gasteiger partial charge in [0.15, 0.2) is 0 Å². The topological polar surface area (TPSA) is 64.7 Å². The van der Waals surface area contributed by atoms with Crippen molar-refractivity contribution in [2.24, 2.45) is 0 Å². The summed E-state index contributed by atoms with van der Waals surface area (Å²) in [6.45, 7) is 9.46. The van der Waals surface area contributed by atoms with Crippen molar-refractivity contribution < 1.29 is 9.59 Å². The summed E-state index contributed by atoms with van der Waals surface area (Å²) in [4.78, 5) is 29.9. The fraction of sp³-hybridized carbons (Fsp3) is 0.579. The second-order valence-electron chi connectivity index (χ2n) is 6.90. The molecule has 0 spiro atoms. The first-order valence-corrected chi connectivity index (χ1v) is 10.3. The van der Waals surface area contributed by atoms with E-state index in [1.54, 1.807) is 11.8 Å². The van der Waals surface area contributed by atoms with Crippen LogP contribution in [0.2, 0.25) is 0 Å². The van der Waals surface area contributed by atoms with Crippen molar-refractivity contribution in [2.45, 2.75) is 37.8 Å². The summed E-state index contributed by atoms with van der Waals surface area (Å²) in [6, 6.07) is 7.81. The largest absolute Gasteiger partial charge is 0.353 e. The molecule has 1 fully saturated rings. The highest BCUT2D eigenvalue weighted by molar-refractivity contribution is 7.98. The number of para-hydroxylation sites is 1. The van der Waals surface area contributed by atoms with Crippen molar-refractivity contribution in [3.05, 3.63) is 24.3 Å². The Morgan fingerprint density at radius 1 is 1.12 bits per heavy atom. The fourth-order valence-electron chi connectivity index (χ4n) is 3.03. The average Bonchev–Trinajstić information content (AvgIpc) is 2.61. The van der Waals surface area contributed by atoms with E-state index in [1.807, 2.05) is 51.3 Å². The monoisotopic (exact) mass is 378 g/mol. The Morgan fingerprint density at radius 3 is 2.38 bits per heavy atom. The second-order valence-corrected chi connectivity index (χ2v) is 7.75. The van der Waals surface area contributed by atoms with Crippen LogP contribution in [0.15, 0.2) is 29.2 Å². The molecule has 0 aromatic heterocycles. The van der Waals surface area contributed by atoms with Crippen LogP contribution in [0.5, 0.6) is 0 Å². The number of benzene rings is 1. The Morgan fingerprint density at radius 2 is 1.77 bits per heavy atom. The summed E-state index contributed by atoms with van der Waals surface area (Å²) in [6.07, 6.45) is 2.00. The third kappa shape index (κ3) is 6.00. The number of carbonyl (C=O) groups excluding carboxylic acids is 2. The summed E-state index contributed by atoms with van der Waals surface area (Å²) >= 11 is 1.62. The maximum Gasteiger partial charge on any atom is 0.241 e. The van der Waals surface area contributed by atoms with Crippen LogP contribution in [0.25, 0.3) is 0 Å². The molecule has 1 aromatic rings. The first-order chi connectivity index (χ1) is 12.4. The number of piperazine rings is 1. The Labute approximate surface area is 160 Å². The Bertz CT molecular complexity index is 615. The maximum atomic E-state index is 12.6. The van der Waals surface area contributed by atoms with E-state index in [4.69, 9.17) is 0 Å². The molecular weight excluding hydrogens is 348 g/mol. The molecule has 144 valence electrons. The van der Waals surface area contributed by atoms with Crippen LogP contribution in [-0.2, 0) is 9.59 Å². The van der Waals surface area contributed by atoms with E-state index in [0.717, 1.165) is 36.8 Å². The number of nitrogens with one attached hydrogen (secondary N) is 2. The lowest BCUT2D eigenvalue weighted by atomic mass is 10.2. The Balaban J connectivity index is 1.83. The normalized spacial score (nSPS) is 17.1. The van der Waals surface area contributed by atoms with Gasteiger partial charge in [-0.15, -0.1) is 11.8 Å². The third-order valence-electron chi connectivity index (χ3n) is 4.52. The molecule has 1 saturated heterocycles. The minimum Gasteiger partial charge on any atom is -0.353 e. The van der Waals surface area contributed by atoms with Gasteiger partial charge in [-0.2, -0.15) is 0 Å². The summed E-state index contributed by atoms with van der Waals surface area (Å²) in [5.41, 5.74) is 0.862. The SMILES string of the molecule is CSc1ccccc1NC(=O)[C@H](C)N1CCN(CC(=O)NC(C)C)CC1. The summed E-state index contributed by atoms with van der Waals surface area (Å²) in [5.74, 6) is 0.0745. The highest BCUT2D eigenvalue weighted by Crippen LogP contribution is 2.25.